The van der Waals surface area contributed by atoms with Crippen LogP contribution < -0.4 is 5.32 Å². The molecule has 0 radical (unpaired) electrons. The summed E-state index contributed by atoms with van der Waals surface area (Å²) in [7, 11) is 0. The van der Waals surface area contributed by atoms with Gasteiger partial charge in [0, 0.05) is 19.2 Å². The van der Waals surface area contributed by atoms with Crippen LogP contribution in [0.1, 0.15) is 25.7 Å². The van der Waals surface area contributed by atoms with Gasteiger partial charge in [0.15, 0.2) is 0 Å². The lowest BCUT2D eigenvalue weighted by atomic mass is 10.2. The second-order valence-corrected chi connectivity index (χ2v) is 4.60. The number of ether oxygens (including phenoxy) is 1. The Morgan fingerprint density at radius 2 is 2.18 bits per heavy atom. The Balaban J connectivity index is 1.75. The molecule has 2 amide bonds. The Morgan fingerprint density at radius 1 is 1.41 bits per heavy atom. The molecule has 2 aliphatic rings. The van der Waals surface area contributed by atoms with Crippen molar-refractivity contribution in [2.45, 2.75) is 44.3 Å². The van der Waals surface area contributed by atoms with E-state index in [0.29, 0.717) is 6.54 Å². The summed E-state index contributed by atoms with van der Waals surface area (Å²) in [5.74, 6) is 0. The molecule has 1 heterocycles. The van der Waals surface area contributed by atoms with Crippen molar-refractivity contribution in [1.82, 2.24) is 10.2 Å². The molecule has 0 aromatic rings. The van der Waals surface area contributed by atoms with Gasteiger partial charge in [0.1, 0.15) is 0 Å². The summed E-state index contributed by atoms with van der Waals surface area (Å²) in [5.41, 5.74) is 0. The van der Waals surface area contributed by atoms with Crippen molar-refractivity contribution >= 4 is 6.03 Å². The van der Waals surface area contributed by atoms with Crippen LogP contribution in [0.25, 0.3) is 0 Å². The molecule has 6 heteroatoms. The molecule has 1 saturated carbocycles. The molecule has 1 N–H and O–H groups in total. The van der Waals surface area contributed by atoms with E-state index in [-0.39, 0.29) is 18.2 Å². The van der Waals surface area contributed by atoms with Crippen LogP contribution >= 0.6 is 0 Å². The van der Waals surface area contributed by atoms with Crippen molar-refractivity contribution in [2.24, 2.45) is 0 Å². The first kappa shape index (κ1) is 12.5. The molecular formula is C11H18F2N2O2. The van der Waals surface area contributed by atoms with Gasteiger partial charge in [-0.2, -0.15) is 0 Å². The highest BCUT2D eigenvalue weighted by Crippen LogP contribution is 2.27. The molecule has 0 aromatic carbocycles. The molecule has 1 aliphatic heterocycles. The summed E-state index contributed by atoms with van der Waals surface area (Å²) < 4.78 is 30.0. The first-order chi connectivity index (χ1) is 8.16. The number of alkyl halides is 2. The first-order valence-corrected chi connectivity index (χ1v) is 6.11. The van der Waals surface area contributed by atoms with E-state index in [2.05, 4.69) is 5.32 Å². The summed E-state index contributed by atoms with van der Waals surface area (Å²) >= 11 is 0. The third-order valence-corrected chi connectivity index (χ3v) is 3.09. The quantitative estimate of drug-likeness (QED) is 0.803. The predicted octanol–water partition coefficient (Wildman–Crippen LogP) is 1.60. The number of hydrogen-bond donors (Lipinski definition) is 1. The lowest BCUT2D eigenvalue weighted by Crippen LogP contribution is -2.45. The van der Waals surface area contributed by atoms with Crippen LogP contribution in [0.4, 0.5) is 13.6 Å². The van der Waals surface area contributed by atoms with Gasteiger partial charge in [-0.25, -0.2) is 13.6 Å². The van der Waals surface area contributed by atoms with Gasteiger partial charge >= 0.3 is 6.03 Å². The molecule has 1 atom stereocenters. The molecule has 1 saturated heterocycles. The van der Waals surface area contributed by atoms with E-state index >= 15 is 0 Å². The monoisotopic (exact) mass is 248 g/mol. The first-order valence-electron chi connectivity index (χ1n) is 6.11. The van der Waals surface area contributed by atoms with Crippen LogP contribution in [0.5, 0.6) is 0 Å². The lowest BCUT2D eigenvalue weighted by Gasteiger charge is -2.23. The minimum absolute atomic E-state index is 0.00787. The van der Waals surface area contributed by atoms with E-state index < -0.39 is 13.0 Å². The number of amides is 2. The normalized spacial score (nSPS) is 24.1. The van der Waals surface area contributed by atoms with Gasteiger partial charge in [-0.3, -0.25) is 0 Å². The Hall–Kier alpha value is -0.910. The third kappa shape index (κ3) is 3.80. The minimum Gasteiger partial charge on any atom is -0.376 e. The highest BCUT2D eigenvalue weighted by molar-refractivity contribution is 5.75. The lowest BCUT2D eigenvalue weighted by molar-refractivity contribution is 0.0888. The van der Waals surface area contributed by atoms with E-state index in [4.69, 9.17) is 4.74 Å². The van der Waals surface area contributed by atoms with E-state index in [0.717, 1.165) is 32.3 Å². The molecule has 2 fully saturated rings. The Morgan fingerprint density at radius 3 is 2.71 bits per heavy atom. The number of carbonyl (C=O) groups excluding carboxylic acids is 1. The molecule has 17 heavy (non-hydrogen) atoms. The highest BCUT2D eigenvalue weighted by Gasteiger charge is 2.34. The molecule has 1 aliphatic carbocycles. The van der Waals surface area contributed by atoms with E-state index in [1.54, 1.807) is 0 Å². The van der Waals surface area contributed by atoms with Crippen molar-refractivity contribution in [1.29, 1.82) is 0 Å². The number of urea groups is 1. The standard InChI is InChI=1S/C11H18F2N2O2/c12-10(13)7-15(8-3-4-8)11(16)14-6-9-2-1-5-17-9/h8-10H,1-7H2,(H,14,16)/t9-/m0/s1. The van der Waals surface area contributed by atoms with Crippen LogP contribution in [0.15, 0.2) is 0 Å². The highest BCUT2D eigenvalue weighted by atomic mass is 19.3. The van der Waals surface area contributed by atoms with Crippen LogP contribution in [0, 0.1) is 0 Å². The summed E-state index contributed by atoms with van der Waals surface area (Å²) in [6.07, 6.45) is 1.18. The van der Waals surface area contributed by atoms with E-state index in [9.17, 15) is 13.6 Å². The molecule has 0 spiro atoms. The van der Waals surface area contributed by atoms with Gasteiger partial charge in [-0.05, 0) is 25.7 Å². The molecule has 0 unspecified atom stereocenters. The topological polar surface area (TPSA) is 41.6 Å². The SMILES string of the molecule is O=C(NC[C@@H]1CCCO1)N(CC(F)F)C1CC1. The van der Waals surface area contributed by atoms with Crippen molar-refractivity contribution in [3.05, 3.63) is 0 Å². The smallest absolute Gasteiger partial charge is 0.317 e. The molecule has 2 rings (SSSR count). The number of hydrogen-bond acceptors (Lipinski definition) is 2. The Kier molecular flexibility index (Phi) is 4.15. The molecule has 0 aromatic heterocycles. The zero-order valence-corrected chi connectivity index (χ0v) is 9.70. The Bertz CT molecular complexity index is 266. The zero-order chi connectivity index (χ0) is 12.3. The van der Waals surface area contributed by atoms with Crippen LogP contribution in [-0.2, 0) is 4.74 Å². The van der Waals surface area contributed by atoms with Gasteiger partial charge in [0.25, 0.3) is 6.43 Å². The molecule has 0 bridgehead atoms. The fourth-order valence-electron chi connectivity index (χ4n) is 2.04. The average Bonchev–Trinajstić information content (AvgIpc) is 2.99. The minimum atomic E-state index is -2.47. The van der Waals surface area contributed by atoms with Crippen LogP contribution in [0.2, 0.25) is 0 Å². The van der Waals surface area contributed by atoms with Crippen LogP contribution in [0.3, 0.4) is 0 Å². The predicted molar refractivity (Wildman–Crippen MR) is 58.1 cm³/mol. The number of nitrogens with zero attached hydrogens (tertiary/aromatic N) is 1. The van der Waals surface area contributed by atoms with Crippen molar-refractivity contribution in [2.75, 3.05) is 19.7 Å². The van der Waals surface area contributed by atoms with E-state index in [1.807, 2.05) is 0 Å². The third-order valence-electron chi connectivity index (χ3n) is 3.09. The maximum atomic E-state index is 12.3. The summed E-state index contributed by atoms with van der Waals surface area (Å²) in [5, 5.41) is 2.68. The van der Waals surface area contributed by atoms with Gasteiger partial charge in [-0.1, -0.05) is 0 Å². The number of nitrogens with one attached hydrogen (secondary N) is 1. The maximum absolute atomic E-state index is 12.3. The molecule has 4 nitrogen and oxygen atoms in total. The van der Waals surface area contributed by atoms with E-state index in [1.165, 1.54) is 4.90 Å². The molecule has 98 valence electrons. The average molecular weight is 248 g/mol. The number of carbonyl (C=O) groups is 1. The molecular weight excluding hydrogens is 230 g/mol. The zero-order valence-electron chi connectivity index (χ0n) is 9.70. The van der Waals surface area contributed by atoms with Gasteiger partial charge in [0.2, 0.25) is 0 Å². The summed E-state index contributed by atoms with van der Waals surface area (Å²) in [6.45, 7) is 0.678. The fourth-order valence-corrected chi connectivity index (χ4v) is 2.04. The van der Waals surface area contributed by atoms with Crippen molar-refractivity contribution in [3.8, 4) is 0 Å². The number of rotatable bonds is 5. The fraction of sp³-hybridized carbons (Fsp3) is 0.909. The summed E-state index contributed by atoms with van der Waals surface area (Å²) in [4.78, 5) is 13.0. The van der Waals surface area contributed by atoms with Gasteiger partial charge < -0.3 is 15.0 Å². The second kappa shape index (κ2) is 5.62. The van der Waals surface area contributed by atoms with Gasteiger partial charge in [0.05, 0.1) is 12.6 Å². The van der Waals surface area contributed by atoms with Crippen molar-refractivity contribution in [3.63, 3.8) is 0 Å². The van der Waals surface area contributed by atoms with Crippen LogP contribution in [-0.4, -0.2) is 49.2 Å². The largest absolute Gasteiger partial charge is 0.376 e. The maximum Gasteiger partial charge on any atom is 0.317 e. The van der Waals surface area contributed by atoms with Crippen molar-refractivity contribution < 1.29 is 18.3 Å². The Labute approximate surface area is 99.3 Å². The second-order valence-electron chi connectivity index (χ2n) is 4.60. The summed E-state index contributed by atoms with van der Waals surface area (Å²) in [6, 6.07) is -0.378. The number of halogens is 2. The van der Waals surface area contributed by atoms with Gasteiger partial charge in [-0.15, -0.1) is 0 Å².